The van der Waals surface area contributed by atoms with Gasteiger partial charge in [-0.1, -0.05) is 54.3 Å². The highest BCUT2D eigenvalue weighted by atomic mass is 32.2. The molecule has 0 aliphatic carbocycles. The summed E-state index contributed by atoms with van der Waals surface area (Å²) in [4.78, 5) is 0. The van der Waals surface area contributed by atoms with Gasteiger partial charge in [-0.2, -0.15) is 5.26 Å². The first-order chi connectivity index (χ1) is 5.84. The summed E-state index contributed by atoms with van der Waals surface area (Å²) in [5.74, 6) is 0.424. The Balaban J connectivity index is 2.61. The molecule has 0 bridgehead atoms. The smallest absolute Gasteiger partial charge is 0.0863 e. The summed E-state index contributed by atoms with van der Waals surface area (Å²) in [5, 5.41) is 8.33. The Morgan fingerprint density at radius 3 is 2.67 bits per heavy atom. The van der Waals surface area contributed by atoms with Gasteiger partial charge in [0.15, 0.2) is 0 Å². The molecule has 0 aromatic heterocycles. The molecule has 0 saturated carbocycles. The SMILES string of the molecule is N#CCSC(=S)c1ccccc1. The molecule has 1 rings (SSSR count). The quantitative estimate of drug-likeness (QED) is 0.675. The third-order valence-electron chi connectivity index (χ3n) is 1.28. The third kappa shape index (κ3) is 2.65. The van der Waals surface area contributed by atoms with E-state index in [-0.39, 0.29) is 0 Å². The average molecular weight is 193 g/mol. The van der Waals surface area contributed by atoms with Crippen LogP contribution in [0, 0.1) is 11.3 Å². The van der Waals surface area contributed by atoms with Gasteiger partial charge < -0.3 is 0 Å². The topological polar surface area (TPSA) is 23.8 Å². The van der Waals surface area contributed by atoms with Crippen LogP contribution in [0.3, 0.4) is 0 Å². The van der Waals surface area contributed by atoms with Crippen molar-refractivity contribution in [2.75, 3.05) is 5.75 Å². The predicted molar refractivity (Wildman–Crippen MR) is 56.2 cm³/mol. The van der Waals surface area contributed by atoms with Crippen LogP contribution in [-0.2, 0) is 0 Å². The van der Waals surface area contributed by atoms with Crippen LogP contribution in [0.25, 0.3) is 0 Å². The first-order valence-electron chi connectivity index (χ1n) is 3.43. The number of nitrogens with zero attached hydrogens (tertiary/aromatic N) is 1. The first-order valence-corrected chi connectivity index (χ1v) is 4.83. The predicted octanol–water partition coefficient (Wildman–Crippen LogP) is 2.62. The van der Waals surface area contributed by atoms with Gasteiger partial charge in [0.1, 0.15) is 0 Å². The molecule has 0 aliphatic rings. The second-order valence-electron chi connectivity index (χ2n) is 2.10. The van der Waals surface area contributed by atoms with Gasteiger partial charge in [0, 0.05) is 0 Å². The molecule has 3 heteroatoms. The number of benzene rings is 1. The zero-order valence-electron chi connectivity index (χ0n) is 6.36. The number of rotatable bonds is 2. The minimum Gasteiger partial charge on any atom is -0.197 e. The summed E-state index contributed by atoms with van der Waals surface area (Å²) < 4.78 is 0.789. The number of nitriles is 1. The van der Waals surface area contributed by atoms with Crippen LogP contribution < -0.4 is 0 Å². The van der Waals surface area contributed by atoms with Gasteiger partial charge >= 0.3 is 0 Å². The zero-order chi connectivity index (χ0) is 8.81. The minimum absolute atomic E-state index is 0.424. The van der Waals surface area contributed by atoms with Gasteiger partial charge in [-0.15, -0.1) is 0 Å². The van der Waals surface area contributed by atoms with Crippen molar-refractivity contribution >= 4 is 28.2 Å². The molecule has 1 aromatic rings. The number of hydrogen-bond donors (Lipinski definition) is 0. The molecule has 0 unspecified atom stereocenters. The van der Waals surface area contributed by atoms with E-state index in [0.29, 0.717) is 5.75 Å². The summed E-state index contributed by atoms with van der Waals surface area (Å²) in [6.07, 6.45) is 0. The Morgan fingerprint density at radius 2 is 2.08 bits per heavy atom. The molecule has 60 valence electrons. The van der Waals surface area contributed by atoms with E-state index in [1.165, 1.54) is 11.8 Å². The first kappa shape index (κ1) is 9.24. The summed E-state index contributed by atoms with van der Waals surface area (Å²) in [5.41, 5.74) is 1.02. The van der Waals surface area contributed by atoms with Crippen LogP contribution in [0.5, 0.6) is 0 Å². The van der Waals surface area contributed by atoms with Crippen LogP contribution in [0.1, 0.15) is 5.56 Å². The number of hydrogen-bond acceptors (Lipinski definition) is 3. The van der Waals surface area contributed by atoms with Crippen molar-refractivity contribution in [1.29, 1.82) is 5.26 Å². The van der Waals surface area contributed by atoms with E-state index < -0.39 is 0 Å². The highest BCUT2D eigenvalue weighted by Gasteiger charge is 1.98. The van der Waals surface area contributed by atoms with E-state index in [2.05, 4.69) is 0 Å². The van der Waals surface area contributed by atoms with Crippen molar-refractivity contribution in [2.24, 2.45) is 0 Å². The molecule has 0 spiro atoms. The van der Waals surface area contributed by atoms with Crippen molar-refractivity contribution in [2.45, 2.75) is 0 Å². The monoisotopic (exact) mass is 193 g/mol. The lowest BCUT2D eigenvalue weighted by molar-refractivity contribution is 1.50. The highest BCUT2D eigenvalue weighted by molar-refractivity contribution is 8.23. The maximum absolute atomic E-state index is 8.33. The molecule has 0 radical (unpaired) electrons. The molecule has 0 aliphatic heterocycles. The van der Waals surface area contributed by atoms with Gasteiger partial charge in [-0.3, -0.25) is 0 Å². The molecule has 0 saturated heterocycles. The number of thioether (sulfide) groups is 1. The van der Waals surface area contributed by atoms with Crippen molar-refractivity contribution in [3.63, 3.8) is 0 Å². The average Bonchev–Trinajstić information content (AvgIpc) is 2.15. The van der Waals surface area contributed by atoms with Gasteiger partial charge in [0.25, 0.3) is 0 Å². The van der Waals surface area contributed by atoms with Crippen molar-refractivity contribution in [3.05, 3.63) is 35.9 Å². The lowest BCUT2D eigenvalue weighted by Gasteiger charge is -1.98. The Kier molecular flexibility index (Phi) is 3.78. The van der Waals surface area contributed by atoms with Gasteiger partial charge in [0.05, 0.1) is 16.0 Å². The van der Waals surface area contributed by atoms with Crippen molar-refractivity contribution in [1.82, 2.24) is 0 Å². The van der Waals surface area contributed by atoms with E-state index in [9.17, 15) is 0 Å². The maximum Gasteiger partial charge on any atom is 0.0863 e. The Bertz CT molecular complexity index is 300. The van der Waals surface area contributed by atoms with Crippen molar-refractivity contribution < 1.29 is 0 Å². The Hall–Kier alpha value is -0.850. The number of thiocarbonyl (C=S) groups is 1. The summed E-state index contributed by atoms with van der Waals surface area (Å²) in [7, 11) is 0. The molecule has 0 N–H and O–H groups in total. The summed E-state index contributed by atoms with van der Waals surface area (Å²) >= 11 is 6.50. The third-order valence-corrected chi connectivity index (χ3v) is 2.64. The Morgan fingerprint density at radius 1 is 1.42 bits per heavy atom. The van der Waals surface area contributed by atoms with E-state index >= 15 is 0 Å². The van der Waals surface area contributed by atoms with Crippen LogP contribution in [0.15, 0.2) is 30.3 Å². The molecule has 0 amide bonds. The van der Waals surface area contributed by atoms with Crippen LogP contribution in [0.2, 0.25) is 0 Å². The Labute approximate surface area is 81.4 Å². The van der Waals surface area contributed by atoms with E-state index in [1.807, 2.05) is 36.4 Å². The maximum atomic E-state index is 8.33. The summed E-state index contributed by atoms with van der Waals surface area (Å²) in [6, 6.07) is 11.8. The highest BCUT2D eigenvalue weighted by Crippen LogP contribution is 2.12. The molecule has 0 heterocycles. The van der Waals surface area contributed by atoms with Crippen LogP contribution in [-0.4, -0.2) is 9.95 Å². The second kappa shape index (κ2) is 4.91. The normalized spacial score (nSPS) is 8.92. The fourth-order valence-electron chi connectivity index (χ4n) is 0.755. The molecular weight excluding hydrogens is 186 g/mol. The van der Waals surface area contributed by atoms with E-state index in [4.69, 9.17) is 17.5 Å². The zero-order valence-corrected chi connectivity index (χ0v) is 7.99. The van der Waals surface area contributed by atoms with Gasteiger partial charge in [-0.05, 0) is 5.56 Å². The lowest BCUT2D eigenvalue weighted by atomic mass is 10.2. The fourth-order valence-corrected chi connectivity index (χ4v) is 1.57. The van der Waals surface area contributed by atoms with Crippen LogP contribution in [0.4, 0.5) is 0 Å². The van der Waals surface area contributed by atoms with Crippen molar-refractivity contribution in [3.8, 4) is 6.07 Å². The molecule has 12 heavy (non-hydrogen) atoms. The summed E-state index contributed by atoms with van der Waals surface area (Å²) in [6.45, 7) is 0. The molecular formula is C9H7NS2. The fraction of sp³-hybridized carbons (Fsp3) is 0.111. The molecule has 0 fully saturated rings. The van der Waals surface area contributed by atoms with Gasteiger partial charge in [0.2, 0.25) is 0 Å². The largest absolute Gasteiger partial charge is 0.197 e. The lowest BCUT2D eigenvalue weighted by Crippen LogP contribution is -1.90. The van der Waals surface area contributed by atoms with E-state index in [0.717, 1.165) is 9.76 Å². The van der Waals surface area contributed by atoms with E-state index in [1.54, 1.807) is 0 Å². The van der Waals surface area contributed by atoms with Crippen LogP contribution >= 0.6 is 24.0 Å². The molecule has 1 aromatic carbocycles. The standard InChI is InChI=1S/C9H7NS2/c10-6-7-12-9(11)8-4-2-1-3-5-8/h1-5H,7H2. The molecule has 0 atom stereocenters. The van der Waals surface area contributed by atoms with Gasteiger partial charge in [-0.25, -0.2) is 0 Å². The second-order valence-corrected chi connectivity index (χ2v) is 3.75. The molecule has 1 nitrogen and oxygen atoms in total. The minimum atomic E-state index is 0.424.